The second-order valence-corrected chi connectivity index (χ2v) is 6.64. The first kappa shape index (κ1) is 14.9. The molecule has 2 aliphatic rings. The molecule has 1 unspecified atom stereocenters. The maximum atomic E-state index is 6.36. The average Bonchev–Trinajstić information content (AvgIpc) is 2.90. The summed E-state index contributed by atoms with van der Waals surface area (Å²) in [4.78, 5) is 0. The molecule has 0 amide bonds. The molecular formula is C18H27NO2. The highest BCUT2D eigenvalue weighted by Crippen LogP contribution is 2.42. The van der Waals surface area contributed by atoms with E-state index in [1.807, 2.05) is 0 Å². The maximum absolute atomic E-state index is 6.36. The van der Waals surface area contributed by atoms with Crippen LogP contribution in [0.4, 0.5) is 0 Å². The van der Waals surface area contributed by atoms with Crippen molar-refractivity contribution in [1.29, 1.82) is 0 Å². The van der Waals surface area contributed by atoms with Gasteiger partial charge in [0.05, 0.1) is 11.7 Å². The Kier molecular flexibility index (Phi) is 4.51. The maximum Gasteiger partial charge on any atom is 0.122 e. The van der Waals surface area contributed by atoms with E-state index in [-0.39, 0.29) is 11.7 Å². The minimum atomic E-state index is 0.181. The summed E-state index contributed by atoms with van der Waals surface area (Å²) in [5, 5.41) is 0. The van der Waals surface area contributed by atoms with Gasteiger partial charge in [-0.05, 0) is 49.8 Å². The number of ether oxygens (including phenoxy) is 2. The summed E-state index contributed by atoms with van der Waals surface area (Å²) in [6.07, 6.45) is 9.10. The third-order valence-corrected chi connectivity index (χ3v) is 5.02. The summed E-state index contributed by atoms with van der Waals surface area (Å²) in [6.45, 7) is 3.30. The topological polar surface area (TPSA) is 44.5 Å². The molecule has 1 saturated carbocycles. The molecule has 2 N–H and O–H groups in total. The van der Waals surface area contributed by atoms with Gasteiger partial charge in [0, 0.05) is 6.54 Å². The standard InChI is InChI=1S/C18H27NO2/c1-14-5-6-15(12-19)11-17(14)20-13-16-7-10-18(21-16)8-3-2-4-9-18/h5-6,11,16H,2-4,7-10,12-13,19H2,1H3. The molecule has 1 aromatic carbocycles. The summed E-state index contributed by atoms with van der Waals surface area (Å²) < 4.78 is 12.4. The van der Waals surface area contributed by atoms with Gasteiger partial charge in [-0.1, -0.05) is 31.4 Å². The van der Waals surface area contributed by atoms with Crippen LogP contribution in [0, 0.1) is 6.92 Å². The molecular weight excluding hydrogens is 262 g/mol. The molecule has 0 radical (unpaired) electrons. The molecule has 3 nitrogen and oxygen atoms in total. The SMILES string of the molecule is Cc1ccc(CN)cc1OCC1CCC2(CCCCC2)O1. The number of benzene rings is 1. The quantitative estimate of drug-likeness (QED) is 0.919. The van der Waals surface area contributed by atoms with Gasteiger partial charge in [-0.2, -0.15) is 0 Å². The number of hydrogen-bond acceptors (Lipinski definition) is 3. The zero-order valence-electron chi connectivity index (χ0n) is 13.1. The molecule has 21 heavy (non-hydrogen) atoms. The smallest absolute Gasteiger partial charge is 0.122 e. The Morgan fingerprint density at radius 3 is 2.81 bits per heavy atom. The molecule has 3 heteroatoms. The summed E-state index contributed by atoms with van der Waals surface area (Å²) in [5.41, 5.74) is 8.16. The lowest BCUT2D eigenvalue weighted by molar-refractivity contribution is -0.0749. The van der Waals surface area contributed by atoms with Gasteiger partial charge in [0.15, 0.2) is 0 Å². The van der Waals surface area contributed by atoms with Gasteiger partial charge in [-0.25, -0.2) is 0 Å². The van der Waals surface area contributed by atoms with Crippen LogP contribution >= 0.6 is 0 Å². The largest absolute Gasteiger partial charge is 0.491 e. The zero-order valence-corrected chi connectivity index (χ0v) is 13.1. The fourth-order valence-electron chi connectivity index (χ4n) is 3.69. The van der Waals surface area contributed by atoms with E-state index < -0.39 is 0 Å². The molecule has 116 valence electrons. The molecule has 0 aromatic heterocycles. The summed E-state index contributed by atoms with van der Waals surface area (Å²) in [7, 11) is 0. The van der Waals surface area contributed by atoms with Crippen molar-refractivity contribution in [3.05, 3.63) is 29.3 Å². The Labute approximate surface area is 127 Å². The number of rotatable bonds is 4. The molecule has 3 rings (SSSR count). The van der Waals surface area contributed by atoms with Crippen LogP contribution in [0.5, 0.6) is 5.75 Å². The van der Waals surface area contributed by atoms with E-state index in [9.17, 15) is 0 Å². The molecule has 1 saturated heterocycles. The lowest BCUT2D eigenvalue weighted by atomic mass is 9.83. The highest BCUT2D eigenvalue weighted by atomic mass is 16.6. The van der Waals surface area contributed by atoms with Gasteiger partial charge in [0.1, 0.15) is 12.4 Å². The predicted octanol–water partition coefficient (Wildman–Crippen LogP) is 3.71. The second-order valence-electron chi connectivity index (χ2n) is 6.64. The van der Waals surface area contributed by atoms with Crippen molar-refractivity contribution >= 4 is 0 Å². The Morgan fingerprint density at radius 1 is 1.24 bits per heavy atom. The first-order valence-corrected chi connectivity index (χ1v) is 8.31. The second kappa shape index (κ2) is 6.37. The minimum absolute atomic E-state index is 0.181. The van der Waals surface area contributed by atoms with E-state index >= 15 is 0 Å². The van der Waals surface area contributed by atoms with Crippen molar-refractivity contribution < 1.29 is 9.47 Å². The lowest BCUT2D eigenvalue weighted by Crippen LogP contribution is -2.32. The van der Waals surface area contributed by atoms with Crippen molar-refractivity contribution in [2.75, 3.05) is 6.61 Å². The van der Waals surface area contributed by atoms with E-state index in [1.54, 1.807) is 0 Å². The number of aryl methyl sites for hydroxylation is 1. The molecule has 1 aliphatic heterocycles. The Morgan fingerprint density at radius 2 is 2.05 bits per heavy atom. The van der Waals surface area contributed by atoms with Crippen LogP contribution in [0.1, 0.15) is 56.1 Å². The van der Waals surface area contributed by atoms with Crippen LogP contribution in [0.25, 0.3) is 0 Å². The molecule has 1 aromatic rings. The van der Waals surface area contributed by atoms with Gasteiger partial charge in [-0.15, -0.1) is 0 Å². The van der Waals surface area contributed by atoms with E-state index in [0.717, 1.165) is 23.3 Å². The summed E-state index contributed by atoms with van der Waals surface area (Å²) in [5.74, 6) is 0.950. The highest BCUT2D eigenvalue weighted by molar-refractivity contribution is 5.36. The van der Waals surface area contributed by atoms with Crippen molar-refractivity contribution in [2.24, 2.45) is 5.73 Å². The molecule has 1 atom stereocenters. The highest BCUT2D eigenvalue weighted by Gasteiger charge is 2.40. The summed E-state index contributed by atoms with van der Waals surface area (Å²) in [6, 6.07) is 6.20. The van der Waals surface area contributed by atoms with Gasteiger partial charge in [0.2, 0.25) is 0 Å². The monoisotopic (exact) mass is 289 g/mol. The van der Waals surface area contributed by atoms with Crippen LogP contribution in [-0.4, -0.2) is 18.3 Å². The van der Waals surface area contributed by atoms with E-state index in [4.69, 9.17) is 15.2 Å². The first-order valence-electron chi connectivity index (χ1n) is 8.31. The van der Waals surface area contributed by atoms with Crippen LogP contribution in [0.15, 0.2) is 18.2 Å². The number of hydrogen-bond donors (Lipinski definition) is 1. The molecule has 0 bridgehead atoms. The van der Waals surface area contributed by atoms with Crippen molar-refractivity contribution in [3.8, 4) is 5.75 Å². The van der Waals surface area contributed by atoms with Crippen molar-refractivity contribution in [2.45, 2.75) is 70.1 Å². The molecule has 1 heterocycles. The van der Waals surface area contributed by atoms with Gasteiger partial charge in [0.25, 0.3) is 0 Å². The predicted molar refractivity (Wildman–Crippen MR) is 84.5 cm³/mol. The average molecular weight is 289 g/mol. The van der Waals surface area contributed by atoms with E-state index in [1.165, 1.54) is 38.5 Å². The minimum Gasteiger partial charge on any atom is -0.491 e. The Hall–Kier alpha value is -1.06. The fraction of sp³-hybridized carbons (Fsp3) is 0.667. The van der Waals surface area contributed by atoms with E-state index in [2.05, 4.69) is 25.1 Å². The van der Waals surface area contributed by atoms with Gasteiger partial charge in [-0.3, -0.25) is 0 Å². The van der Waals surface area contributed by atoms with Crippen LogP contribution in [0.3, 0.4) is 0 Å². The molecule has 1 spiro atoms. The van der Waals surface area contributed by atoms with Crippen molar-refractivity contribution in [1.82, 2.24) is 0 Å². The van der Waals surface area contributed by atoms with Gasteiger partial charge >= 0.3 is 0 Å². The van der Waals surface area contributed by atoms with Crippen LogP contribution < -0.4 is 10.5 Å². The Bertz CT molecular complexity index is 480. The third kappa shape index (κ3) is 3.41. The first-order chi connectivity index (χ1) is 10.2. The Balaban J connectivity index is 1.56. The lowest BCUT2D eigenvalue weighted by Gasteiger charge is -2.33. The van der Waals surface area contributed by atoms with Gasteiger partial charge < -0.3 is 15.2 Å². The third-order valence-electron chi connectivity index (χ3n) is 5.02. The summed E-state index contributed by atoms with van der Waals surface area (Å²) >= 11 is 0. The normalized spacial score (nSPS) is 24.4. The molecule has 2 fully saturated rings. The van der Waals surface area contributed by atoms with E-state index in [0.29, 0.717) is 13.2 Å². The number of nitrogens with two attached hydrogens (primary N) is 1. The molecule has 1 aliphatic carbocycles. The fourth-order valence-corrected chi connectivity index (χ4v) is 3.69. The zero-order chi connectivity index (χ0) is 14.7. The van der Waals surface area contributed by atoms with Crippen molar-refractivity contribution in [3.63, 3.8) is 0 Å². The van der Waals surface area contributed by atoms with Crippen LogP contribution in [-0.2, 0) is 11.3 Å². The van der Waals surface area contributed by atoms with Crippen LogP contribution in [0.2, 0.25) is 0 Å².